The zero-order valence-electron chi connectivity index (χ0n) is 26.0. The second-order valence-corrected chi connectivity index (χ2v) is 15.1. The zero-order valence-corrected chi connectivity index (χ0v) is 26.9. The van der Waals surface area contributed by atoms with Crippen molar-refractivity contribution in [1.82, 2.24) is 9.21 Å². The number of ether oxygens (including phenoxy) is 5. The van der Waals surface area contributed by atoms with Gasteiger partial charge in [-0.15, -0.1) is 0 Å². The molecule has 45 heavy (non-hydrogen) atoms. The molecular weight excluding hydrogens is 604 g/mol. The van der Waals surface area contributed by atoms with Gasteiger partial charge in [-0.05, 0) is 62.4 Å². The Bertz CT molecular complexity index is 1510. The lowest BCUT2D eigenvalue weighted by molar-refractivity contribution is -0.0907. The number of phenolic OH excluding ortho intramolecular Hbond substituents is 1. The summed E-state index contributed by atoms with van der Waals surface area (Å²) >= 11 is 0. The minimum absolute atomic E-state index is 0.0455. The van der Waals surface area contributed by atoms with Crippen molar-refractivity contribution in [1.29, 1.82) is 0 Å². The Balaban J connectivity index is 1.47. The van der Waals surface area contributed by atoms with E-state index in [1.807, 2.05) is 13.8 Å². The van der Waals surface area contributed by atoms with Crippen molar-refractivity contribution < 1.29 is 47.1 Å². The lowest BCUT2D eigenvalue weighted by Gasteiger charge is -2.47. The van der Waals surface area contributed by atoms with Gasteiger partial charge in [-0.3, -0.25) is 4.90 Å². The number of carboxylic acid groups (broad SMARTS) is 1. The molecule has 0 aromatic heterocycles. The predicted molar refractivity (Wildman–Crippen MR) is 162 cm³/mol. The van der Waals surface area contributed by atoms with E-state index in [4.69, 9.17) is 23.7 Å². The Kier molecular flexibility index (Phi) is 8.44. The topological polar surface area (TPSA) is 144 Å². The molecule has 5 atom stereocenters. The number of sulfonamides is 1. The molecule has 6 rings (SSSR count). The van der Waals surface area contributed by atoms with Gasteiger partial charge in [0.2, 0.25) is 10.0 Å². The van der Waals surface area contributed by atoms with E-state index in [9.17, 15) is 23.4 Å². The van der Waals surface area contributed by atoms with Crippen molar-refractivity contribution in [2.24, 2.45) is 17.8 Å². The smallest absolute Gasteiger partial charge is 0.410 e. The number of hydrogen-bond donors (Lipinski definition) is 2. The van der Waals surface area contributed by atoms with Crippen LogP contribution in [0.2, 0.25) is 0 Å². The lowest BCUT2D eigenvalue weighted by Crippen LogP contribution is -2.65. The second-order valence-electron chi connectivity index (χ2n) is 13.2. The Morgan fingerprint density at radius 3 is 2.44 bits per heavy atom. The fourth-order valence-electron chi connectivity index (χ4n) is 7.60. The fraction of sp³-hybridized carbons (Fsp3) is 0.594. The highest BCUT2D eigenvalue weighted by Gasteiger charge is 2.67. The first-order chi connectivity index (χ1) is 21.3. The Morgan fingerprint density at radius 1 is 1.04 bits per heavy atom. The van der Waals surface area contributed by atoms with Crippen LogP contribution < -0.4 is 9.47 Å². The molecule has 3 saturated heterocycles. The highest BCUT2D eigenvalue weighted by molar-refractivity contribution is 7.89. The average Bonchev–Trinajstić information content (AvgIpc) is 3.66. The quantitative estimate of drug-likeness (QED) is 0.412. The number of amides is 1. The monoisotopic (exact) mass is 646 g/mol. The van der Waals surface area contributed by atoms with Crippen molar-refractivity contribution in [3.05, 3.63) is 48.0 Å². The van der Waals surface area contributed by atoms with Crippen LogP contribution in [0.15, 0.2) is 47.4 Å². The summed E-state index contributed by atoms with van der Waals surface area (Å²) in [6.07, 6.45) is -1.63. The van der Waals surface area contributed by atoms with Crippen molar-refractivity contribution in [3.8, 4) is 17.2 Å². The molecule has 3 unspecified atom stereocenters. The van der Waals surface area contributed by atoms with Gasteiger partial charge in [0.1, 0.15) is 24.7 Å². The molecule has 246 valence electrons. The number of benzene rings is 2. The third kappa shape index (κ3) is 5.73. The summed E-state index contributed by atoms with van der Waals surface area (Å²) in [6.45, 7) is 8.76. The van der Waals surface area contributed by atoms with E-state index in [0.29, 0.717) is 37.7 Å². The van der Waals surface area contributed by atoms with E-state index in [1.165, 1.54) is 21.3 Å². The molecule has 0 radical (unpaired) electrons. The van der Waals surface area contributed by atoms with Crippen molar-refractivity contribution in [2.75, 3.05) is 39.5 Å². The van der Waals surface area contributed by atoms with Crippen LogP contribution >= 0.6 is 0 Å². The van der Waals surface area contributed by atoms with Crippen LogP contribution in [0.25, 0.3) is 0 Å². The van der Waals surface area contributed by atoms with Crippen molar-refractivity contribution in [2.45, 2.75) is 69.1 Å². The van der Waals surface area contributed by atoms with E-state index >= 15 is 0 Å². The summed E-state index contributed by atoms with van der Waals surface area (Å²) in [7, 11) is -4.10. The molecule has 3 fully saturated rings. The third-order valence-corrected chi connectivity index (χ3v) is 11.2. The minimum atomic E-state index is -4.10. The van der Waals surface area contributed by atoms with E-state index in [2.05, 4.69) is 0 Å². The Labute approximate surface area is 263 Å². The maximum Gasteiger partial charge on any atom is 0.410 e. The highest BCUT2D eigenvalue weighted by atomic mass is 32.2. The van der Waals surface area contributed by atoms with Gasteiger partial charge in [-0.1, -0.05) is 26.0 Å². The molecule has 0 bridgehead atoms. The number of rotatable bonds is 9. The molecule has 4 heterocycles. The van der Waals surface area contributed by atoms with Crippen LogP contribution in [0.1, 0.15) is 39.7 Å². The number of phenols is 1. The molecule has 0 spiro atoms. The van der Waals surface area contributed by atoms with Crippen LogP contribution in [-0.4, -0.2) is 97.1 Å². The molecule has 0 saturated carbocycles. The fourth-order valence-corrected chi connectivity index (χ4v) is 9.22. The minimum Gasteiger partial charge on any atom is -0.508 e. The summed E-state index contributed by atoms with van der Waals surface area (Å²) in [5, 5.41) is 20.8. The highest BCUT2D eigenvalue weighted by Crippen LogP contribution is 2.53. The zero-order chi connectivity index (χ0) is 32.1. The first-order valence-electron chi connectivity index (χ1n) is 15.4. The molecule has 2 aromatic carbocycles. The maximum absolute atomic E-state index is 14.4. The average molecular weight is 647 g/mol. The van der Waals surface area contributed by atoms with Crippen LogP contribution in [0, 0.1) is 17.8 Å². The van der Waals surface area contributed by atoms with Crippen molar-refractivity contribution >= 4 is 16.1 Å². The summed E-state index contributed by atoms with van der Waals surface area (Å²) in [6, 6.07) is 11.2. The molecule has 2 aromatic rings. The standard InChI is InChI=1S/C32H42N2O10S/c1-20(2)17-33(45(38,39)23-9-10-26-27(15-23)41-14-13-40-26)18-28-32(16-21-5-7-22(35)8-6-21,34(30(36)37)31(3,4)44-28)25-19-43-29-24(25)11-12-42-29/h5-10,15,20,24-25,28-29,35H,11-14,16-19H2,1-4H3,(H,36,37)/t24?,25?,28-,29?,32+/m1/s1. The summed E-state index contributed by atoms with van der Waals surface area (Å²) in [4.78, 5) is 14.7. The number of aromatic hydroxyl groups is 1. The molecule has 13 heteroatoms. The van der Waals surface area contributed by atoms with Crippen LogP contribution in [0.4, 0.5) is 4.79 Å². The first kappa shape index (κ1) is 31.9. The third-order valence-electron chi connectivity index (χ3n) is 9.33. The van der Waals surface area contributed by atoms with E-state index in [0.717, 1.165) is 5.56 Å². The van der Waals surface area contributed by atoms with Gasteiger partial charge in [-0.2, -0.15) is 4.31 Å². The number of nitrogens with zero attached hydrogens (tertiary/aromatic N) is 2. The molecule has 1 amide bonds. The van der Waals surface area contributed by atoms with Crippen molar-refractivity contribution in [3.63, 3.8) is 0 Å². The van der Waals surface area contributed by atoms with Crippen LogP contribution in [0.3, 0.4) is 0 Å². The lowest BCUT2D eigenvalue weighted by atomic mass is 9.69. The second kappa shape index (κ2) is 11.9. The van der Waals surface area contributed by atoms with E-state index in [-0.39, 0.29) is 54.5 Å². The van der Waals surface area contributed by atoms with E-state index in [1.54, 1.807) is 44.2 Å². The summed E-state index contributed by atoms with van der Waals surface area (Å²) < 4.78 is 60.1. The largest absolute Gasteiger partial charge is 0.508 e. The number of hydrogen-bond acceptors (Lipinski definition) is 9. The van der Waals surface area contributed by atoms with E-state index < -0.39 is 39.8 Å². The SMILES string of the molecule is CC(C)CN(C[C@H]1OC(C)(C)N(C(=O)O)[C@@]1(Cc1ccc(O)cc1)C1COC2OCCC21)S(=O)(=O)c1ccc2c(c1)OCCO2. The normalized spacial score (nSPS) is 29.0. The predicted octanol–water partition coefficient (Wildman–Crippen LogP) is 3.92. The molecule has 4 aliphatic heterocycles. The van der Waals surface area contributed by atoms with Crippen LogP contribution in [0.5, 0.6) is 17.2 Å². The first-order valence-corrected chi connectivity index (χ1v) is 16.9. The Morgan fingerprint density at radius 2 is 1.76 bits per heavy atom. The molecule has 12 nitrogen and oxygen atoms in total. The molecular formula is C32H42N2O10S. The summed E-state index contributed by atoms with van der Waals surface area (Å²) in [5.74, 6) is 0.409. The maximum atomic E-state index is 14.4. The number of fused-ring (bicyclic) bond motifs is 2. The van der Waals surface area contributed by atoms with Gasteiger partial charge in [-0.25, -0.2) is 13.2 Å². The van der Waals surface area contributed by atoms with Gasteiger partial charge in [0, 0.05) is 31.0 Å². The van der Waals surface area contributed by atoms with Gasteiger partial charge in [0.05, 0.1) is 29.8 Å². The van der Waals surface area contributed by atoms with Gasteiger partial charge in [0.25, 0.3) is 0 Å². The van der Waals surface area contributed by atoms with Crippen LogP contribution in [-0.2, 0) is 30.7 Å². The van der Waals surface area contributed by atoms with Gasteiger partial charge >= 0.3 is 6.09 Å². The van der Waals surface area contributed by atoms with Gasteiger partial charge in [0.15, 0.2) is 17.8 Å². The Hall–Kier alpha value is -3.10. The molecule has 0 aliphatic carbocycles. The molecule has 4 aliphatic rings. The molecule has 2 N–H and O–H groups in total. The summed E-state index contributed by atoms with van der Waals surface area (Å²) in [5.41, 5.74) is -1.76. The number of carbonyl (C=O) groups is 1. The van der Waals surface area contributed by atoms with Gasteiger partial charge < -0.3 is 33.9 Å².